The van der Waals surface area contributed by atoms with Gasteiger partial charge in [0.05, 0.1) is 5.88 Å². The SMILES string of the molecule is CSCCN(C)c1nc(C)cc(C)c1CCl. The Morgan fingerprint density at radius 3 is 2.69 bits per heavy atom. The van der Waals surface area contributed by atoms with E-state index in [0.29, 0.717) is 5.88 Å². The Morgan fingerprint density at radius 2 is 2.12 bits per heavy atom. The second-order valence-corrected chi connectivity index (χ2v) is 5.18. The van der Waals surface area contributed by atoms with Crippen LogP contribution in [0.1, 0.15) is 16.8 Å². The first-order chi connectivity index (χ1) is 7.60. The van der Waals surface area contributed by atoms with Crippen molar-refractivity contribution in [3.63, 3.8) is 0 Å². The van der Waals surface area contributed by atoms with E-state index in [0.717, 1.165) is 29.4 Å². The average Bonchev–Trinajstić information content (AvgIpc) is 2.24. The fourth-order valence-corrected chi connectivity index (χ4v) is 2.45. The van der Waals surface area contributed by atoms with Crippen molar-refractivity contribution in [1.29, 1.82) is 0 Å². The van der Waals surface area contributed by atoms with Crippen LogP contribution in [0.15, 0.2) is 6.07 Å². The Hall–Kier alpha value is -0.410. The zero-order valence-electron chi connectivity index (χ0n) is 10.4. The highest BCUT2D eigenvalue weighted by molar-refractivity contribution is 7.98. The van der Waals surface area contributed by atoms with Crippen LogP contribution in [0, 0.1) is 13.8 Å². The van der Waals surface area contributed by atoms with E-state index in [1.54, 1.807) is 0 Å². The highest BCUT2D eigenvalue weighted by Gasteiger charge is 2.11. The van der Waals surface area contributed by atoms with Crippen LogP contribution in [0.5, 0.6) is 0 Å². The predicted octanol–water partition coefficient (Wildman–Crippen LogP) is 3.24. The first kappa shape index (κ1) is 13.7. The van der Waals surface area contributed by atoms with E-state index in [2.05, 4.69) is 36.2 Å². The van der Waals surface area contributed by atoms with Gasteiger partial charge in [0, 0.05) is 30.6 Å². The number of nitrogens with zero attached hydrogens (tertiary/aromatic N) is 2. The second kappa shape index (κ2) is 6.36. The Labute approximate surface area is 107 Å². The zero-order valence-corrected chi connectivity index (χ0v) is 12.0. The molecule has 2 nitrogen and oxygen atoms in total. The minimum absolute atomic E-state index is 0.526. The third-order valence-electron chi connectivity index (χ3n) is 2.58. The van der Waals surface area contributed by atoms with Gasteiger partial charge >= 0.3 is 0 Å². The molecule has 0 aliphatic rings. The molecule has 1 rings (SSSR count). The summed E-state index contributed by atoms with van der Waals surface area (Å²) < 4.78 is 0. The van der Waals surface area contributed by atoms with Gasteiger partial charge in [-0.25, -0.2) is 4.98 Å². The molecular formula is C12H19ClN2S. The standard InChI is InChI=1S/C12H19ClN2S/c1-9-7-10(2)14-12(11(9)8-13)15(3)5-6-16-4/h7H,5-6,8H2,1-4H3. The van der Waals surface area contributed by atoms with E-state index < -0.39 is 0 Å². The summed E-state index contributed by atoms with van der Waals surface area (Å²) in [6, 6.07) is 2.09. The highest BCUT2D eigenvalue weighted by atomic mass is 35.5. The number of halogens is 1. The van der Waals surface area contributed by atoms with E-state index in [1.807, 2.05) is 18.7 Å². The second-order valence-electron chi connectivity index (χ2n) is 3.93. The Kier molecular flexibility index (Phi) is 5.42. The van der Waals surface area contributed by atoms with Crippen molar-refractivity contribution in [2.75, 3.05) is 30.5 Å². The van der Waals surface area contributed by atoms with E-state index in [-0.39, 0.29) is 0 Å². The summed E-state index contributed by atoms with van der Waals surface area (Å²) in [6.45, 7) is 5.12. The summed E-state index contributed by atoms with van der Waals surface area (Å²) in [4.78, 5) is 6.78. The molecule has 0 amide bonds. The fourth-order valence-electron chi connectivity index (χ4n) is 1.66. The van der Waals surface area contributed by atoms with Crippen LogP contribution >= 0.6 is 23.4 Å². The van der Waals surface area contributed by atoms with Gasteiger partial charge in [0.2, 0.25) is 0 Å². The largest absolute Gasteiger partial charge is 0.359 e. The number of anilines is 1. The van der Waals surface area contributed by atoms with Gasteiger partial charge in [0.25, 0.3) is 0 Å². The maximum absolute atomic E-state index is 6.00. The number of hydrogen-bond donors (Lipinski definition) is 0. The molecule has 0 aromatic carbocycles. The van der Waals surface area contributed by atoms with Crippen molar-refractivity contribution in [1.82, 2.24) is 4.98 Å². The summed E-state index contributed by atoms with van der Waals surface area (Å²) in [5, 5.41) is 0. The number of thioether (sulfide) groups is 1. The molecule has 0 aliphatic carbocycles. The van der Waals surface area contributed by atoms with Crippen LogP contribution in [-0.2, 0) is 5.88 Å². The maximum Gasteiger partial charge on any atom is 0.133 e. The molecule has 0 bridgehead atoms. The molecule has 0 saturated heterocycles. The summed E-state index contributed by atoms with van der Waals surface area (Å²) in [6.07, 6.45) is 2.12. The number of hydrogen-bond acceptors (Lipinski definition) is 3. The molecule has 16 heavy (non-hydrogen) atoms. The molecule has 0 aliphatic heterocycles. The van der Waals surface area contributed by atoms with Crippen LogP contribution in [0.25, 0.3) is 0 Å². The van der Waals surface area contributed by atoms with E-state index >= 15 is 0 Å². The number of rotatable bonds is 5. The first-order valence-electron chi connectivity index (χ1n) is 5.33. The molecular weight excluding hydrogens is 240 g/mol. The van der Waals surface area contributed by atoms with Gasteiger partial charge in [0.15, 0.2) is 0 Å². The molecule has 0 unspecified atom stereocenters. The van der Waals surface area contributed by atoms with Gasteiger partial charge in [-0.15, -0.1) is 11.6 Å². The minimum atomic E-state index is 0.526. The number of alkyl halides is 1. The molecule has 0 fully saturated rings. The smallest absolute Gasteiger partial charge is 0.133 e. The summed E-state index contributed by atoms with van der Waals surface area (Å²) in [5.41, 5.74) is 3.43. The lowest BCUT2D eigenvalue weighted by molar-refractivity contribution is 0.921. The lowest BCUT2D eigenvalue weighted by Gasteiger charge is -2.22. The first-order valence-corrected chi connectivity index (χ1v) is 7.26. The zero-order chi connectivity index (χ0) is 12.1. The molecule has 1 aromatic rings. The average molecular weight is 259 g/mol. The van der Waals surface area contributed by atoms with Gasteiger partial charge in [-0.1, -0.05) is 0 Å². The fraction of sp³-hybridized carbons (Fsp3) is 0.583. The van der Waals surface area contributed by atoms with Crippen LogP contribution in [-0.4, -0.2) is 30.6 Å². The van der Waals surface area contributed by atoms with Gasteiger partial charge in [-0.05, 0) is 31.7 Å². The number of pyridine rings is 1. The quantitative estimate of drug-likeness (QED) is 0.755. The summed E-state index contributed by atoms with van der Waals surface area (Å²) >= 11 is 7.84. The third kappa shape index (κ3) is 3.29. The Bertz CT molecular complexity index is 355. The maximum atomic E-state index is 6.00. The van der Waals surface area contributed by atoms with Crippen LogP contribution in [0.4, 0.5) is 5.82 Å². The van der Waals surface area contributed by atoms with Crippen molar-refractivity contribution in [3.05, 3.63) is 22.9 Å². The lowest BCUT2D eigenvalue weighted by Crippen LogP contribution is -2.23. The normalized spacial score (nSPS) is 10.6. The summed E-state index contributed by atoms with van der Waals surface area (Å²) in [5.74, 6) is 2.66. The topological polar surface area (TPSA) is 16.1 Å². The number of aryl methyl sites for hydroxylation is 2. The van der Waals surface area contributed by atoms with Crippen LogP contribution < -0.4 is 4.90 Å². The van der Waals surface area contributed by atoms with E-state index in [9.17, 15) is 0 Å². The third-order valence-corrected chi connectivity index (χ3v) is 3.44. The lowest BCUT2D eigenvalue weighted by atomic mass is 10.1. The Morgan fingerprint density at radius 1 is 1.44 bits per heavy atom. The molecule has 0 spiro atoms. The number of aromatic nitrogens is 1. The molecule has 90 valence electrons. The van der Waals surface area contributed by atoms with Gasteiger partial charge in [0.1, 0.15) is 5.82 Å². The molecule has 0 N–H and O–H groups in total. The molecule has 1 aromatic heterocycles. The molecule has 0 saturated carbocycles. The van der Waals surface area contributed by atoms with Crippen LogP contribution in [0.2, 0.25) is 0 Å². The molecule has 0 radical (unpaired) electrons. The van der Waals surface area contributed by atoms with Gasteiger partial charge < -0.3 is 4.90 Å². The highest BCUT2D eigenvalue weighted by Crippen LogP contribution is 2.23. The summed E-state index contributed by atoms with van der Waals surface area (Å²) in [7, 11) is 2.08. The molecule has 1 heterocycles. The predicted molar refractivity (Wildman–Crippen MR) is 74.9 cm³/mol. The van der Waals surface area contributed by atoms with Crippen molar-refractivity contribution < 1.29 is 0 Å². The molecule has 4 heteroatoms. The van der Waals surface area contributed by atoms with E-state index in [1.165, 1.54) is 5.56 Å². The Balaban J connectivity index is 3.00. The minimum Gasteiger partial charge on any atom is -0.359 e. The van der Waals surface area contributed by atoms with Crippen LogP contribution in [0.3, 0.4) is 0 Å². The van der Waals surface area contributed by atoms with Crippen molar-refractivity contribution >= 4 is 29.2 Å². The van der Waals surface area contributed by atoms with Crippen molar-refractivity contribution in [2.24, 2.45) is 0 Å². The van der Waals surface area contributed by atoms with E-state index in [4.69, 9.17) is 11.6 Å². The van der Waals surface area contributed by atoms with Gasteiger partial charge in [-0.3, -0.25) is 0 Å². The van der Waals surface area contributed by atoms with Crippen molar-refractivity contribution in [2.45, 2.75) is 19.7 Å². The molecule has 0 atom stereocenters. The monoisotopic (exact) mass is 258 g/mol. The van der Waals surface area contributed by atoms with Crippen molar-refractivity contribution in [3.8, 4) is 0 Å². The van der Waals surface area contributed by atoms with Gasteiger partial charge in [-0.2, -0.15) is 11.8 Å².